The molecule has 0 atom stereocenters. The van der Waals surface area contributed by atoms with Crippen LogP contribution >= 0.6 is 15.9 Å². The van der Waals surface area contributed by atoms with Crippen molar-refractivity contribution in [3.8, 4) is 0 Å². The zero-order valence-electron chi connectivity index (χ0n) is 9.96. The number of hydrogen-bond donors (Lipinski definition) is 1. The summed E-state index contributed by atoms with van der Waals surface area (Å²) in [6.45, 7) is 0.934. The number of rotatable bonds is 4. The van der Waals surface area contributed by atoms with Crippen LogP contribution in [0.5, 0.6) is 0 Å². The maximum atomic E-state index is 11.1. The third kappa shape index (κ3) is 2.58. The molecular weight excluding hydrogens is 280 g/mol. The van der Waals surface area contributed by atoms with E-state index in [1.807, 2.05) is 32.3 Å². The summed E-state index contributed by atoms with van der Waals surface area (Å²) in [6.07, 6.45) is 1.78. The summed E-state index contributed by atoms with van der Waals surface area (Å²) >= 11 is 3.43. The Morgan fingerprint density at radius 3 is 2.82 bits per heavy atom. The first kappa shape index (κ1) is 12.3. The van der Waals surface area contributed by atoms with E-state index in [-0.39, 0.29) is 0 Å². The molecule has 0 amide bonds. The monoisotopic (exact) mass is 294 g/mol. The molecule has 90 valence electrons. The lowest BCUT2D eigenvalue weighted by Crippen LogP contribution is -2.15. The molecule has 2 rings (SSSR count). The number of carbonyl (C=O) groups is 1. The number of H-pyrrole nitrogens is 1. The maximum Gasteiger partial charge on any atom is 0.166 e. The van der Waals surface area contributed by atoms with Crippen LogP contribution in [0.2, 0.25) is 0 Å². The van der Waals surface area contributed by atoms with Gasteiger partial charge in [0.1, 0.15) is 0 Å². The quantitative estimate of drug-likeness (QED) is 0.880. The molecule has 0 saturated carbocycles. The predicted molar refractivity (Wildman–Crippen MR) is 73.6 cm³/mol. The third-order valence-electron chi connectivity index (χ3n) is 2.83. The van der Waals surface area contributed by atoms with Gasteiger partial charge in [-0.3, -0.25) is 4.79 Å². The lowest BCUT2D eigenvalue weighted by molar-refractivity contribution is 0.111. The van der Waals surface area contributed by atoms with Crippen molar-refractivity contribution in [3.05, 3.63) is 33.9 Å². The van der Waals surface area contributed by atoms with E-state index in [9.17, 15) is 4.79 Å². The summed E-state index contributed by atoms with van der Waals surface area (Å²) in [5, 5.41) is 1.14. The number of carbonyl (C=O) groups excluding carboxylic acids is 1. The molecule has 1 heterocycles. The summed E-state index contributed by atoms with van der Waals surface area (Å²) in [5.41, 5.74) is 2.81. The van der Waals surface area contributed by atoms with Crippen LogP contribution in [0.15, 0.2) is 22.7 Å². The van der Waals surface area contributed by atoms with E-state index in [0.29, 0.717) is 5.69 Å². The first-order valence-electron chi connectivity index (χ1n) is 5.52. The molecule has 0 saturated heterocycles. The molecule has 0 fully saturated rings. The molecule has 1 aromatic heterocycles. The standard InChI is InChI=1S/C13H15BrN2O/c1-16(2)6-5-11-10-4-3-9(14)7-12(10)15-13(11)8-17/h3-4,7-8,15H,5-6H2,1-2H3. The first-order chi connectivity index (χ1) is 8.11. The summed E-state index contributed by atoms with van der Waals surface area (Å²) in [6, 6.07) is 6.05. The van der Waals surface area contributed by atoms with Crippen LogP contribution in [0.25, 0.3) is 10.9 Å². The van der Waals surface area contributed by atoms with E-state index >= 15 is 0 Å². The molecule has 2 aromatic rings. The van der Waals surface area contributed by atoms with E-state index in [1.165, 1.54) is 0 Å². The number of nitrogens with one attached hydrogen (secondary N) is 1. The zero-order chi connectivity index (χ0) is 12.4. The number of halogens is 1. The van der Waals surface area contributed by atoms with Crippen LogP contribution in [0.1, 0.15) is 16.1 Å². The van der Waals surface area contributed by atoms with Gasteiger partial charge in [-0.1, -0.05) is 22.0 Å². The van der Waals surface area contributed by atoms with Crippen molar-refractivity contribution in [1.29, 1.82) is 0 Å². The Balaban J connectivity index is 2.47. The third-order valence-corrected chi connectivity index (χ3v) is 3.32. The van der Waals surface area contributed by atoms with Gasteiger partial charge < -0.3 is 9.88 Å². The van der Waals surface area contributed by atoms with Gasteiger partial charge in [-0.05, 0) is 38.2 Å². The number of fused-ring (bicyclic) bond motifs is 1. The Morgan fingerprint density at radius 2 is 2.18 bits per heavy atom. The van der Waals surface area contributed by atoms with Crippen molar-refractivity contribution in [2.45, 2.75) is 6.42 Å². The number of aldehydes is 1. The highest BCUT2D eigenvalue weighted by Crippen LogP contribution is 2.25. The second kappa shape index (κ2) is 5.02. The van der Waals surface area contributed by atoms with Crippen molar-refractivity contribution in [3.63, 3.8) is 0 Å². The van der Waals surface area contributed by atoms with Crippen LogP contribution < -0.4 is 0 Å². The molecule has 1 N–H and O–H groups in total. The van der Waals surface area contributed by atoms with Gasteiger partial charge in [0.25, 0.3) is 0 Å². The van der Waals surface area contributed by atoms with Crippen molar-refractivity contribution < 1.29 is 4.79 Å². The number of likely N-dealkylation sites (N-methyl/N-ethyl adjacent to an activating group) is 1. The SMILES string of the molecule is CN(C)CCc1c(C=O)[nH]c2cc(Br)ccc12. The van der Waals surface area contributed by atoms with Gasteiger partial charge in [-0.15, -0.1) is 0 Å². The summed E-state index contributed by atoms with van der Waals surface area (Å²) < 4.78 is 1.02. The average Bonchev–Trinajstić information content (AvgIpc) is 2.63. The molecule has 0 aliphatic heterocycles. The van der Waals surface area contributed by atoms with Crippen LogP contribution in [0.3, 0.4) is 0 Å². The zero-order valence-corrected chi connectivity index (χ0v) is 11.5. The van der Waals surface area contributed by atoms with Gasteiger partial charge in [0, 0.05) is 21.9 Å². The number of aromatic nitrogens is 1. The van der Waals surface area contributed by atoms with Crippen molar-refractivity contribution in [2.75, 3.05) is 20.6 Å². The van der Waals surface area contributed by atoms with Gasteiger partial charge in [-0.25, -0.2) is 0 Å². The van der Waals surface area contributed by atoms with Crippen molar-refractivity contribution in [1.82, 2.24) is 9.88 Å². The Kier molecular flexibility index (Phi) is 3.64. The molecule has 17 heavy (non-hydrogen) atoms. The maximum absolute atomic E-state index is 11.1. The molecule has 0 radical (unpaired) electrons. The Labute approximate surface area is 109 Å². The lowest BCUT2D eigenvalue weighted by atomic mass is 10.1. The Hall–Kier alpha value is -1.13. The van der Waals surface area contributed by atoms with Crippen molar-refractivity contribution >= 4 is 33.1 Å². The molecule has 0 aliphatic rings. The fourth-order valence-electron chi connectivity index (χ4n) is 1.95. The van der Waals surface area contributed by atoms with E-state index in [1.54, 1.807) is 0 Å². The van der Waals surface area contributed by atoms with Crippen molar-refractivity contribution in [2.24, 2.45) is 0 Å². The Bertz CT molecular complexity index is 546. The highest BCUT2D eigenvalue weighted by Gasteiger charge is 2.11. The summed E-state index contributed by atoms with van der Waals surface area (Å²) in [5.74, 6) is 0. The molecule has 0 spiro atoms. The second-order valence-corrected chi connectivity index (χ2v) is 5.29. The summed E-state index contributed by atoms with van der Waals surface area (Å²) in [7, 11) is 4.07. The van der Waals surface area contributed by atoms with Gasteiger partial charge in [0.2, 0.25) is 0 Å². The fourth-order valence-corrected chi connectivity index (χ4v) is 2.32. The lowest BCUT2D eigenvalue weighted by Gasteiger charge is -2.08. The first-order valence-corrected chi connectivity index (χ1v) is 6.31. The van der Waals surface area contributed by atoms with Crippen LogP contribution in [-0.2, 0) is 6.42 Å². The van der Waals surface area contributed by atoms with Crippen LogP contribution in [-0.4, -0.2) is 36.8 Å². The highest BCUT2D eigenvalue weighted by atomic mass is 79.9. The highest BCUT2D eigenvalue weighted by molar-refractivity contribution is 9.10. The topological polar surface area (TPSA) is 36.1 Å². The molecule has 4 heteroatoms. The molecule has 0 aliphatic carbocycles. The van der Waals surface area contributed by atoms with Gasteiger partial charge in [0.15, 0.2) is 6.29 Å². The van der Waals surface area contributed by atoms with E-state index in [2.05, 4.69) is 25.8 Å². The number of nitrogens with zero attached hydrogens (tertiary/aromatic N) is 1. The van der Waals surface area contributed by atoms with E-state index < -0.39 is 0 Å². The molecule has 0 unspecified atom stereocenters. The summed E-state index contributed by atoms with van der Waals surface area (Å²) in [4.78, 5) is 16.3. The Morgan fingerprint density at radius 1 is 1.41 bits per heavy atom. The molecule has 0 bridgehead atoms. The van der Waals surface area contributed by atoms with E-state index in [4.69, 9.17) is 0 Å². The number of hydrogen-bond acceptors (Lipinski definition) is 2. The van der Waals surface area contributed by atoms with E-state index in [0.717, 1.165) is 40.2 Å². The molecule has 3 nitrogen and oxygen atoms in total. The van der Waals surface area contributed by atoms with Gasteiger partial charge in [-0.2, -0.15) is 0 Å². The molecular formula is C13H15BrN2O. The normalized spacial score (nSPS) is 11.3. The molecule has 1 aromatic carbocycles. The minimum absolute atomic E-state index is 0.694. The van der Waals surface area contributed by atoms with Gasteiger partial charge >= 0.3 is 0 Å². The average molecular weight is 295 g/mol. The number of benzene rings is 1. The second-order valence-electron chi connectivity index (χ2n) is 4.38. The number of aromatic amines is 1. The largest absolute Gasteiger partial charge is 0.352 e. The van der Waals surface area contributed by atoms with Gasteiger partial charge in [0.05, 0.1) is 5.69 Å². The minimum atomic E-state index is 0.694. The van der Waals surface area contributed by atoms with Crippen LogP contribution in [0.4, 0.5) is 0 Å². The fraction of sp³-hybridized carbons (Fsp3) is 0.308. The minimum Gasteiger partial charge on any atom is -0.352 e. The van der Waals surface area contributed by atoms with Crippen LogP contribution in [0, 0.1) is 0 Å². The smallest absolute Gasteiger partial charge is 0.166 e. The predicted octanol–water partition coefficient (Wildman–Crippen LogP) is 2.85.